The number of likely N-dealkylation sites (tertiary alicyclic amines) is 1. The number of benzene rings is 1. The molecule has 140 valence electrons. The largest absolute Gasteiger partial charge is 0.461 e. The molecule has 2 amide bonds. The summed E-state index contributed by atoms with van der Waals surface area (Å²) in [6.07, 6.45) is -0.379. The van der Waals surface area contributed by atoms with Crippen LogP contribution in [0.4, 0.5) is 4.79 Å². The fourth-order valence-electron chi connectivity index (χ4n) is 3.30. The van der Waals surface area contributed by atoms with E-state index in [0.717, 1.165) is 5.56 Å². The highest BCUT2D eigenvalue weighted by molar-refractivity contribution is 5.93. The molecule has 1 aromatic rings. The first-order valence-electron chi connectivity index (χ1n) is 8.74. The number of amides is 2. The van der Waals surface area contributed by atoms with Crippen molar-refractivity contribution < 1.29 is 23.9 Å². The molecule has 0 aromatic heterocycles. The average molecular weight is 360 g/mol. The number of nitrogens with zero attached hydrogens (tertiary/aromatic N) is 1. The molecule has 7 nitrogen and oxygen atoms in total. The first-order valence-corrected chi connectivity index (χ1v) is 8.74. The Hall–Kier alpha value is -2.57. The van der Waals surface area contributed by atoms with E-state index in [1.54, 1.807) is 20.8 Å². The van der Waals surface area contributed by atoms with Crippen molar-refractivity contribution in [1.29, 1.82) is 0 Å². The molecule has 0 unspecified atom stereocenters. The first-order chi connectivity index (χ1) is 12.2. The summed E-state index contributed by atoms with van der Waals surface area (Å²) in [5.74, 6) is -0.723. The second kappa shape index (κ2) is 6.97. The maximum Gasteiger partial charge on any atom is 0.411 e. The second-order valence-electron chi connectivity index (χ2n) is 7.72. The minimum Gasteiger partial charge on any atom is -0.461 e. The highest BCUT2D eigenvalue weighted by atomic mass is 16.6. The van der Waals surface area contributed by atoms with Gasteiger partial charge in [-0.1, -0.05) is 30.3 Å². The van der Waals surface area contributed by atoms with Gasteiger partial charge in [0.1, 0.15) is 18.2 Å². The number of nitrogens with one attached hydrogen (secondary N) is 1. The second-order valence-corrected chi connectivity index (χ2v) is 7.72. The number of hydrogen-bond donors (Lipinski definition) is 1. The average Bonchev–Trinajstić information content (AvgIpc) is 2.84. The van der Waals surface area contributed by atoms with E-state index in [4.69, 9.17) is 9.47 Å². The van der Waals surface area contributed by atoms with Crippen molar-refractivity contribution in [3.05, 3.63) is 35.9 Å². The monoisotopic (exact) mass is 360 g/mol. The number of rotatable bonds is 4. The topological polar surface area (TPSA) is 84.9 Å². The molecule has 3 rings (SSSR count). The summed E-state index contributed by atoms with van der Waals surface area (Å²) in [5, 5.41) is 2.79. The normalized spacial score (nSPS) is 24.3. The van der Waals surface area contributed by atoms with Gasteiger partial charge in [-0.25, -0.2) is 4.79 Å². The van der Waals surface area contributed by atoms with Gasteiger partial charge in [0, 0.05) is 12.5 Å². The van der Waals surface area contributed by atoms with Gasteiger partial charge in [-0.3, -0.25) is 14.5 Å². The van der Waals surface area contributed by atoms with E-state index in [1.165, 1.54) is 4.90 Å². The SMILES string of the molecule is CC(C)(C)OC(=O)N1C[C@@H](CC(=O)OCc2ccccc2)[C@H]2NC(=O)[C@H]21. The molecule has 7 heteroatoms. The smallest absolute Gasteiger partial charge is 0.411 e. The zero-order valence-electron chi connectivity index (χ0n) is 15.2. The molecule has 0 radical (unpaired) electrons. The van der Waals surface area contributed by atoms with E-state index in [-0.39, 0.29) is 36.9 Å². The standard InChI is InChI=1S/C19H24N2O5/c1-19(2,3)26-18(24)21-10-13(15-16(21)17(23)20-15)9-14(22)25-11-12-7-5-4-6-8-12/h4-8,13,15-16H,9-11H2,1-3H3,(H,20,23)/t13-,15-,16+/m1/s1. The van der Waals surface area contributed by atoms with Crippen molar-refractivity contribution in [3.8, 4) is 0 Å². The molecule has 0 spiro atoms. The molecule has 2 saturated heterocycles. The summed E-state index contributed by atoms with van der Waals surface area (Å²) < 4.78 is 10.7. The molecule has 2 aliphatic heterocycles. The zero-order valence-corrected chi connectivity index (χ0v) is 15.2. The summed E-state index contributed by atoms with van der Waals surface area (Å²) in [6.45, 7) is 5.83. The summed E-state index contributed by atoms with van der Waals surface area (Å²) in [4.78, 5) is 37.8. The third-order valence-electron chi connectivity index (χ3n) is 4.49. The van der Waals surface area contributed by atoms with Gasteiger partial charge in [0.25, 0.3) is 0 Å². The van der Waals surface area contributed by atoms with Gasteiger partial charge >= 0.3 is 12.1 Å². The van der Waals surface area contributed by atoms with Crippen LogP contribution in [0.2, 0.25) is 0 Å². The molecule has 0 saturated carbocycles. The molecule has 2 fully saturated rings. The fraction of sp³-hybridized carbons (Fsp3) is 0.526. The van der Waals surface area contributed by atoms with Crippen LogP contribution in [0, 0.1) is 5.92 Å². The van der Waals surface area contributed by atoms with Crippen LogP contribution in [0.15, 0.2) is 30.3 Å². The highest BCUT2D eigenvalue weighted by Crippen LogP contribution is 2.33. The Kier molecular flexibility index (Phi) is 4.89. The third kappa shape index (κ3) is 3.98. The third-order valence-corrected chi connectivity index (χ3v) is 4.49. The molecule has 0 aliphatic carbocycles. The van der Waals surface area contributed by atoms with Gasteiger partial charge in [-0.05, 0) is 26.3 Å². The van der Waals surface area contributed by atoms with Crippen molar-refractivity contribution >= 4 is 18.0 Å². The van der Waals surface area contributed by atoms with Gasteiger partial charge in [0.15, 0.2) is 0 Å². The number of ether oxygens (including phenoxy) is 2. The van der Waals surface area contributed by atoms with Crippen molar-refractivity contribution in [1.82, 2.24) is 10.2 Å². The summed E-state index contributed by atoms with van der Waals surface area (Å²) in [7, 11) is 0. The maximum absolute atomic E-state index is 12.3. The Balaban J connectivity index is 1.56. The van der Waals surface area contributed by atoms with Crippen LogP contribution in [0.25, 0.3) is 0 Å². The van der Waals surface area contributed by atoms with Gasteiger partial charge in [-0.2, -0.15) is 0 Å². The van der Waals surface area contributed by atoms with Crippen molar-refractivity contribution in [2.24, 2.45) is 5.92 Å². The van der Waals surface area contributed by atoms with E-state index in [0.29, 0.717) is 6.54 Å². The van der Waals surface area contributed by atoms with Crippen LogP contribution in [0.3, 0.4) is 0 Å². The Morgan fingerprint density at radius 3 is 2.54 bits per heavy atom. The number of hydrogen-bond acceptors (Lipinski definition) is 5. The van der Waals surface area contributed by atoms with Gasteiger partial charge in [0.2, 0.25) is 5.91 Å². The van der Waals surface area contributed by atoms with Gasteiger partial charge < -0.3 is 14.8 Å². The zero-order chi connectivity index (χ0) is 18.9. The van der Waals surface area contributed by atoms with Crippen LogP contribution < -0.4 is 5.32 Å². The fourth-order valence-corrected chi connectivity index (χ4v) is 3.30. The van der Waals surface area contributed by atoms with E-state index in [2.05, 4.69) is 5.32 Å². The van der Waals surface area contributed by atoms with Crippen LogP contribution in [0.5, 0.6) is 0 Å². The lowest BCUT2D eigenvalue weighted by atomic mass is 9.89. The number of β-lactam (4-membered cyclic amide) rings is 1. The Morgan fingerprint density at radius 1 is 1.23 bits per heavy atom. The predicted molar refractivity (Wildman–Crippen MR) is 93.0 cm³/mol. The number of carbonyl (C=O) groups excluding carboxylic acids is 3. The molecule has 0 bridgehead atoms. The van der Waals surface area contributed by atoms with Crippen molar-refractivity contribution in [3.63, 3.8) is 0 Å². The summed E-state index contributed by atoms with van der Waals surface area (Å²) in [6, 6.07) is 8.65. The molecule has 2 heterocycles. The minimum absolute atomic E-state index is 0.146. The number of fused-ring (bicyclic) bond motifs is 1. The lowest BCUT2D eigenvalue weighted by Gasteiger charge is -2.37. The summed E-state index contributed by atoms with van der Waals surface area (Å²) >= 11 is 0. The molecular formula is C19H24N2O5. The maximum atomic E-state index is 12.3. The Bertz CT molecular complexity index is 698. The van der Waals surface area contributed by atoms with E-state index in [9.17, 15) is 14.4 Å². The molecule has 2 aliphatic rings. The van der Waals surface area contributed by atoms with Crippen LogP contribution in [-0.2, 0) is 25.7 Å². The molecule has 26 heavy (non-hydrogen) atoms. The minimum atomic E-state index is -0.639. The number of carbonyl (C=O) groups is 3. The van der Waals surface area contributed by atoms with Crippen molar-refractivity contribution in [2.45, 2.75) is 51.5 Å². The molecular weight excluding hydrogens is 336 g/mol. The van der Waals surface area contributed by atoms with E-state index >= 15 is 0 Å². The molecule has 1 aromatic carbocycles. The quantitative estimate of drug-likeness (QED) is 0.654. The van der Waals surface area contributed by atoms with Crippen LogP contribution in [-0.4, -0.2) is 47.1 Å². The Morgan fingerprint density at radius 2 is 1.92 bits per heavy atom. The highest BCUT2D eigenvalue weighted by Gasteiger charge is 2.56. The van der Waals surface area contributed by atoms with E-state index in [1.807, 2.05) is 30.3 Å². The summed E-state index contributed by atoms with van der Waals surface area (Å²) in [5.41, 5.74) is 0.275. The van der Waals surface area contributed by atoms with Crippen LogP contribution >= 0.6 is 0 Å². The van der Waals surface area contributed by atoms with E-state index < -0.39 is 17.7 Å². The molecule has 3 atom stereocenters. The first kappa shape index (κ1) is 18.2. The Labute approximate surface area is 152 Å². The number of esters is 1. The lowest BCUT2D eigenvalue weighted by Crippen LogP contribution is -2.66. The van der Waals surface area contributed by atoms with Crippen molar-refractivity contribution in [2.75, 3.05) is 6.54 Å². The van der Waals surface area contributed by atoms with Gasteiger partial charge in [-0.15, -0.1) is 0 Å². The van der Waals surface area contributed by atoms with Gasteiger partial charge in [0.05, 0.1) is 12.5 Å². The lowest BCUT2D eigenvalue weighted by molar-refractivity contribution is -0.147. The molecule has 1 N–H and O–H groups in total. The predicted octanol–water partition coefficient (Wildman–Crippen LogP) is 1.85. The van der Waals surface area contributed by atoms with Crippen LogP contribution in [0.1, 0.15) is 32.8 Å².